The highest BCUT2D eigenvalue weighted by Gasteiger charge is 2.07. The number of rotatable bonds is 5. The van der Waals surface area contributed by atoms with E-state index in [0.29, 0.717) is 12.1 Å². The number of fused-ring (bicyclic) bond motifs is 1. The maximum absolute atomic E-state index is 12.1. The summed E-state index contributed by atoms with van der Waals surface area (Å²) in [5.74, 6) is -0.225. The Morgan fingerprint density at radius 3 is 2.77 bits per heavy atom. The first-order valence-electron chi connectivity index (χ1n) is 7.08. The van der Waals surface area contributed by atoms with Crippen molar-refractivity contribution in [2.75, 3.05) is 6.54 Å². The molecule has 2 heterocycles. The Hall–Kier alpha value is -2.89. The third-order valence-corrected chi connectivity index (χ3v) is 3.41. The van der Waals surface area contributed by atoms with Gasteiger partial charge in [0.2, 0.25) is 5.91 Å². The van der Waals surface area contributed by atoms with Crippen molar-refractivity contribution >= 4 is 11.4 Å². The summed E-state index contributed by atoms with van der Waals surface area (Å²) in [6.07, 6.45) is 3.98. The Morgan fingerprint density at radius 1 is 1.14 bits per heavy atom. The van der Waals surface area contributed by atoms with Crippen molar-refractivity contribution in [3.63, 3.8) is 0 Å². The van der Waals surface area contributed by atoms with Gasteiger partial charge in [-0.15, -0.1) is 0 Å². The van der Waals surface area contributed by atoms with Gasteiger partial charge in [-0.3, -0.25) is 9.20 Å². The predicted molar refractivity (Wildman–Crippen MR) is 82.6 cm³/mol. The monoisotopic (exact) mass is 296 g/mol. The van der Waals surface area contributed by atoms with Gasteiger partial charge in [0.1, 0.15) is 6.54 Å². The molecule has 0 aliphatic rings. The third-order valence-electron chi connectivity index (χ3n) is 3.41. The van der Waals surface area contributed by atoms with E-state index in [4.69, 9.17) is 0 Å². The van der Waals surface area contributed by atoms with Gasteiger partial charge in [-0.25, -0.2) is 9.48 Å². The van der Waals surface area contributed by atoms with Crippen LogP contribution in [0.3, 0.4) is 0 Å². The van der Waals surface area contributed by atoms with E-state index in [1.165, 1.54) is 4.40 Å². The number of hydrogen-bond donors (Lipinski definition) is 1. The minimum absolute atomic E-state index is 0.0816. The molecule has 6 heteroatoms. The number of benzene rings is 1. The molecule has 0 aliphatic carbocycles. The molecule has 1 aromatic carbocycles. The topological polar surface area (TPSA) is 68.4 Å². The molecule has 0 bridgehead atoms. The van der Waals surface area contributed by atoms with E-state index in [0.717, 1.165) is 16.7 Å². The molecular formula is C16H16N4O2. The minimum atomic E-state index is -0.319. The average molecular weight is 296 g/mol. The number of aromatic nitrogens is 3. The lowest BCUT2D eigenvalue weighted by Gasteiger charge is -2.07. The van der Waals surface area contributed by atoms with Crippen LogP contribution in [-0.4, -0.2) is 26.6 Å². The van der Waals surface area contributed by atoms with Gasteiger partial charge in [-0.2, -0.15) is 5.10 Å². The van der Waals surface area contributed by atoms with Gasteiger partial charge in [-0.05, 0) is 24.1 Å². The van der Waals surface area contributed by atoms with E-state index < -0.39 is 0 Å². The summed E-state index contributed by atoms with van der Waals surface area (Å²) in [5.41, 5.74) is 1.55. The molecule has 1 N–H and O–H groups in total. The zero-order valence-corrected chi connectivity index (χ0v) is 12.0. The van der Waals surface area contributed by atoms with E-state index in [-0.39, 0.29) is 18.1 Å². The quantitative estimate of drug-likeness (QED) is 0.759. The number of hydrogen-bond acceptors (Lipinski definition) is 3. The lowest BCUT2D eigenvalue weighted by atomic mass is 10.1. The molecule has 2 aromatic heterocycles. The van der Waals surface area contributed by atoms with Crippen LogP contribution in [0.15, 0.2) is 59.7 Å². The first-order chi connectivity index (χ1) is 10.7. The van der Waals surface area contributed by atoms with Crippen molar-refractivity contribution in [3.05, 3.63) is 70.9 Å². The van der Waals surface area contributed by atoms with E-state index in [1.807, 2.05) is 30.3 Å². The van der Waals surface area contributed by atoms with Gasteiger partial charge in [0.05, 0.1) is 11.7 Å². The number of carbonyl (C=O) groups excluding carboxylic acids is 1. The largest absolute Gasteiger partial charge is 0.354 e. The molecule has 0 unspecified atom stereocenters. The molecule has 112 valence electrons. The SMILES string of the molecule is O=C(Cn1ncc2cccn2c1=O)NCCc1ccccc1. The van der Waals surface area contributed by atoms with Crippen LogP contribution in [0.5, 0.6) is 0 Å². The van der Waals surface area contributed by atoms with Crippen molar-refractivity contribution in [1.82, 2.24) is 19.5 Å². The molecule has 0 atom stereocenters. The highest BCUT2D eigenvalue weighted by atomic mass is 16.2. The molecule has 6 nitrogen and oxygen atoms in total. The molecule has 0 spiro atoms. The van der Waals surface area contributed by atoms with Crippen molar-refractivity contribution < 1.29 is 4.79 Å². The Balaban J connectivity index is 1.59. The summed E-state index contributed by atoms with van der Waals surface area (Å²) in [4.78, 5) is 24.0. The lowest BCUT2D eigenvalue weighted by molar-refractivity contribution is -0.121. The van der Waals surface area contributed by atoms with E-state index in [9.17, 15) is 9.59 Å². The minimum Gasteiger partial charge on any atom is -0.354 e. The average Bonchev–Trinajstić information content (AvgIpc) is 3.01. The van der Waals surface area contributed by atoms with Gasteiger partial charge in [0, 0.05) is 12.7 Å². The van der Waals surface area contributed by atoms with Gasteiger partial charge in [0.25, 0.3) is 0 Å². The summed E-state index contributed by atoms with van der Waals surface area (Å²) in [7, 11) is 0. The van der Waals surface area contributed by atoms with Crippen LogP contribution in [0.2, 0.25) is 0 Å². The fourth-order valence-electron chi connectivity index (χ4n) is 2.27. The molecule has 0 fully saturated rings. The highest BCUT2D eigenvalue weighted by molar-refractivity contribution is 5.75. The molecule has 0 aliphatic heterocycles. The van der Waals surface area contributed by atoms with Crippen molar-refractivity contribution in [2.24, 2.45) is 0 Å². The van der Waals surface area contributed by atoms with Gasteiger partial charge >= 0.3 is 5.69 Å². The second-order valence-corrected chi connectivity index (χ2v) is 4.97. The zero-order chi connectivity index (χ0) is 15.4. The number of nitrogens with one attached hydrogen (secondary N) is 1. The molecule has 1 amide bonds. The Kier molecular flexibility index (Phi) is 4.00. The van der Waals surface area contributed by atoms with Gasteiger partial charge in [-0.1, -0.05) is 30.3 Å². The first-order valence-corrected chi connectivity index (χ1v) is 7.08. The van der Waals surface area contributed by atoms with Crippen LogP contribution in [0.4, 0.5) is 0 Å². The van der Waals surface area contributed by atoms with Gasteiger partial charge in [0.15, 0.2) is 0 Å². The standard InChI is InChI=1S/C16H16N4O2/c21-15(17-9-8-13-5-2-1-3-6-13)12-20-16(22)19-10-4-7-14(19)11-18-20/h1-7,10-11H,8-9,12H2,(H,17,21). The maximum atomic E-state index is 12.1. The Morgan fingerprint density at radius 2 is 1.95 bits per heavy atom. The van der Waals surface area contributed by atoms with Crippen molar-refractivity contribution in [3.8, 4) is 0 Å². The van der Waals surface area contributed by atoms with E-state index in [1.54, 1.807) is 24.5 Å². The fraction of sp³-hybridized carbons (Fsp3) is 0.188. The Labute approximate surface area is 127 Å². The van der Waals surface area contributed by atoms with Crippen LogP contribution in [0.25, 0.3) is 5.52 Å². The molecule has 3 aromatic rings. The van der Waals surface area contributed by atoms with Crippen LogP contribution < -0.4 is 11.0 Å². The molecule has 3 rings (SSSR count). The number of amides is 1. The summed E-state index contributed by atoms with van der Waals surface area (Å²) >= 11 is 0. The van der Waals surface area contributed by atoms with Crippen LogP contribution >= 0.6 is 0 Å². The summed E-state index contributed by atoms with van der Waals surface area (Å²) in [6.45, 7) is 0.450. The van der Waals surface area contributed by atoms with E-state index in [2.05, 4.69) is 10.4 Å². The summed E-state index contributed by atoms with van der Waals surface area (Å²) in [6, 6.07) is 13.5. The first kappa shape index (κ1) is 14.1. The second-order valence-electron chi connectivity index (χ2n) is 4.97. The van der Waals surface area contributed by atoms with Crippen LogP contribution in [-0.2, 0) is 17.8 Å². The summed E-state index contributed by atoms with van der Waals surface area (Å²) < 4.78 is 2.62. The molecule has 22 heavy (non-hydrogen) atoms. The maximum Gasteiger partial charge on any atom is 0.349 e. The number of carbonyl (C=O) groups is 1. The predicted octanol–water partition coefficient (Wildman–Crippen LogP) is 0.855. The van der Waals surface area contributed by atoms with Crippen molar-refractivity contribution in [2.45, 2.75) is 13.0 Å². The smallest absolute Gasteiger partial charge is 0.349 e. The normalized spacial score (nSPS) is 10.7. The highest BCUT2D eigenvalue weighted by Crippen LogP contribution is 1.98. The zero-order valence-electron chi connectivity index (χ0n) is 12.0. The Bertz CT molecular complexity index is 836. The number of nitrogens with zero attached hydrogens (tertiary/aromatic N) is 3. The van der Waals surface area contributed by atoms with Crippen LogP contribution in [0, 0.1) is 0 Å². The molecular weight excluding hydrogens is 280 g/mol. The van der Waals surface area contributed by atoms with E-state index >= 15 is 0 Å². The fourth-order valence-corrected chi connectivity index (χ4v) is 2.27. The third kappa shape index (κ3) is 3.06. The summed E-state index contributed by atoms with van der Waals surface area (Å²) in [5, 5.41) is 6.81. The van der Waals surface area contributed by atoms with Crippen molar-refractivity contribution in [1.29, 1.82) is 0 Å². The second kappa shape index (κ2) is 6.26. The van der Waals surface area contributed by atoms with Crippen LogP contribution in [0.1, 0.15) is 5.56 Å². The molecule has 0 saturated carbocycles. The molecule has 0 radical (unpaired) electrons. The molecule has 0 saturated heterocycles. The van der Waals surface area contributed by atoms with Gasteiger partial charge < -0.3 is 5.32 Å². The lowest BCUT2D eigenvalue weighted by Crippen LogP contribution is -2.36.